The first kappa shape index (κ1) is 15.6. The predicted molar refractivity (Wildman–Crippen MR) is 74.9 cm³/mol. The number of nitrogens with one attached hydrogen (secondary N) is 1. The van der Waals surface area contributed by atoms with E-state index in [9.17, 15) is 8.42 Å². The average Bonchev–Trinajstić information content (AvgIpc) is 2.28. The summed E-state index contributed by atoms with van der Waals surface area (Å²) in [6, 6.07) is 6.71. The van der Waals surface area contributed by atoms with Crippen molar-refractivity contribution in [1.29, 1.82) is 0 Å². The summed E-state index contributed by atoms with van der Waals surface area (Å²) in [7, 11) is -3.45. The topological polar surface area (TPSA) is 66.4 Å². The molecule has 4 nitrogen and oxygen atoms in total. The third-order valence-corrected chi connectivity index (χ3v) is 4.94. The van der Waals surface area contributed by atoms with E-state index in [4.69, 9.17) is 5.11 Å². The molecule has 1 aromatic rings. The first-order valence-electron chi connectivity index (χ1n) is 5.86. The molecule has 0 saturated carbocycles. The van der Waals surface area contributed by atoms with Gasteiger partial charge in [-0.2, -0.15) is 0 Å². The van der Waals surface area contributed by atoms with Crippen molar-refractivity contribution in [3.8, 4) is 0 Å². The summed E-state index contributed by atoms with van der Waals surface area (Å²) in [5, 5.41) is 9.08. The van der Waals surface area contributed by atoms with Gasteiger partial charge in [0.05, 0.1) is 11.0 Å². The zero-order valence-electron chi connectivity index (χ0n) is 10.3. The van der Waals surface area contributed by atoms with Crippen LogP contribution in [0.3, 0.4) is 0 Å². The fraction of sp³-hybridized carbons (Fsp3) is 0.500. The van der Waals surface area contributed by atoms with Crippen molar-refractivity contribution in [1.82, 2.24) is 4.72 Å². The van der Waals surface area contributed by atoms with Gasteiger partial charge in [0.15, 0.2) is 0 Å². The van der Waals surface area contributed by atoms with Crippen LogP contribution < -0.4 is 4.72 Å². The number of hydrogen-bond donors (Lipinski definition) is 2. The van der Waals surface area contributed by atoms with Crippen molar-refractivity contribution in [2.24, 2.45) is 0 Å². The van der Waals surface area contributed by atoms with E-state index < -0.39 is 10.0 Å². The lowest BCUT2D eigenvalue weighted by molar-refractivity contribution is 0.181. The lowest BCUT2D eigenvalue weighted by atomic mass is 10.2. The molecule has 0 amide bonds. The summed E-state index contributed by atoms with van der Waals surface area (Å²) < 4.78 is 27.0. The average molecular weight is 336 g/mol. The van der Waals surface area contributed by atoms with Crippen molar-refractivity contribution >= 4 is 26.0 Å². The van der Waals surface area contributed by atoms with Gasteiger partial charge in [0.2, 0.25) is 10.0 Å². The molecule has 1 atom stereocenters. The van der Waals surface area contributed by atoms with Crippen LogP contribution in [0.1, 0.15) is 26.2 Å². The molecule has 2 N–H and O–H groups in total. The Kier molecular flexibility index (Phi) is 6.28. The van der Waals surface area contributed by atoms with Gasteiger partial charge in [-0.05, 0) is 54.2 Å². The molecular weight excluding hydrogens is 318 g/mol. The van der Waals surface area contributed by atoms with Crippen LogP contribution in [-0.4, -0.2) is 26.2 Å². The van der Waals surface area contributed by atoms with E-state index in [1.54, 1.807) is 31.2 Å². The number of sulfonamides is 1. The van der Waals surface area contributed by atoms with E-state index in [1.165, 1.54) is 0 Å². The van der Waals surface area contributed by atoms with Gasteiger partial charge in [0, 0.05) is 11.0 Å². The van der Waals surface area contributed by atoms with E-state index in [0.29, 0.717) is 23.9 Å². The number of rotatable bonds is 7. The molecule has 0 radical (unpaired) electrons. The fourth-order valence-electron chi connectivity index (χ4n) is 1.51. The van der Waals surface area contributed by atoms with Crippen molar-refractivity contribution in [2.45, 2.75) is 37.2 Å². The molecule has 0 saturated heterocycles. The Morgan fingerprint density at radius 1 is 1.33 bits per heavy atom. The molecule has 6 heteroatoms. The van der Waals surface area contributed by atoms with Crippen LogP contribution in [0.15, 0.2) is 33.6 Å². The number of aliphatic hydroxyl groups is 1. The molecule has 1 rings (SSSR count). The van der Waals surface area contributed by atoms with Crippen LogP contribution in [0, 0.1) is 0 Å². The first-order chi connectivity index (χ1) is 8.43. The van der Waals surface area contributed by atoms with Crippen LogP contribution >= 0.6 is 15.9 Å². The largest absolute Gasteiger partial charge is 0.393 e. The van der Waals surface area contributed by atoms with Gasteiger partial charge < -0.3 is 5.11 Å². The molecule has 0 bridgehead atoms. The first-order valence-corrected chi connectivity index (χ1v) is 8.13. The van der Waals surface area contributed by atoms with Crippen LogP contribution in [0.4, 0.5) is 0 Å². The number of aliphatic hydroxyl groups excluding tert-OH is 1. The van der Waals surface area contributed by atoms with E-state index in [0.717, 1.165) is 6.42 Å². The normalized spacial score (nSPS) is 13.5. The highest BCUT2D eigenvalue weighted by molar-refractivity contribution is 9.10. The van der Waals surface area contributed by atoms with Gasteiger partial charge in [-0.25, -0.2) is 13.1 Å². The number of benzene rings is 1. The summed E-state index contributed by atoms with van der Waals surface area (Å²) in [5.41, 5.74) is 0. The standard InChI is InChI=1S/C12H18BrNO3S/c1-10(15)6-4-5-9-14-18(16,17)12-8-3-2-7-11(12)13/h2-3,7-8,10,14-15H,4-6,9H2,1H3. The van der Waals surface area contributed by atoms with Gasteiger partial charge >= 0.3 is 0 Å². The minimum absolute atomic E-state index is 0.250. The maximum absolute atomic E-state index is 12.0. The second-order valence-corrected chi connectivity index (χ2v) is 6.76. The molecule has 102 valence electrons. The SMILES string of the molecule is CC(O)CCCCNS(=O)(=O)c1ccccc1Br. The number of unbranched alkanes of at least 4 members (excludes halogenated alkanes) is 1. The Morgan fingerprint density at radius 3 is 2.61 bits per heavy atom. The van der Waals surface area contributed by atoms with E-state index in [-0.39, 0.29) is 11.0 Å². The van der Waals surface area contributed by atoms with Crippen LogP contribution in [-0.2, 0) is 10.0 Å². The van der Waals surface area contributed by atoms with Gasteiger partial charge in [0.25, 0.3) is 0 Å². The molecule has 1 aromatic carbocycles. The van der Waals surface area contributed by atoms with E-state index in [2.05, 4.69) is 20.7 Å². The third-order valence-electron chi connectivity index (χ3n) is 2.47. The van der Waals surface area contributed by atoms with E-state index in [1.807, 2.05) is 0 Å². The molecular formula is C12H18BrNO3S. The summed E-state index contributed by atoms with van der Waals surface area (Å²) in [4.78, 5) is 0.250. The summed E-state index contributed by atoms with van der Waals surface area (Å²) in [5.74, 6) is 0. The molecule has 0 fully saturated rings. The van der Waals surface area contributed by atoms with E-state index >= 15 is 0 Å². The lowest BCUT2D eigenvalue weighted by Crippen LogP contribution is -2.25. The highest BCUT2D eigenvalue weighted by atomic mass is 79.9. The Hall–Kier alpha value is -0.430. The summed E-state index contributed by atoms with van der Waals surface area (Å²) >= 11 is 3.22. The van der Waals surface area contributed by atoms with Crippen molar-refractivity contribution < 1.29 is 13.5 Å². The predicted octanol–water partition coefficient (Wildman–Crippen LogP) is 2.28. The maximum Gasteiger partial charge on any atom is 0.241 e. The Balaban J connectivity index is 2.49. The third kappa shape index (κ3) is 5.06. The van der Waals surface area contributed by atoms with Gasteiger partial charge in [-0.15, -0.1) is 0 Å². The highest BCUT2D eigenvalue weighted by Gasteiger charge is 2.15. The van der Waals surface area contributed by atoms with Crippen molar-refractivity contribution in [3.05, 3.63) is 28.7 Å². The Morgan fingerprint density at radius 2 is 2.00 bits per heavy atom. The number of hydrogen-bond acceptors (Lipinski definition) is 3. The molecule has 0 aromatic heterocycles. The number of halogens is 1. The lowest BCUT2D eigenvalue weighted by Gasteiger charge is -2.08. The molecule has 1 unspecified atom stereocenters. The molecule has 0 aliphatic carbocycles. The van der Waals surface area contributed by atoms with Gasteiger partial charge in [-0.3, -0.25) is 0 Å². The quantitative estimate of drug-likeness (QED) is 0.751. The van der Waals surface area contributed by atoms with Gasteiger partial charge in [0.1, 0.15) is 0 Å². The van der Waals surface area contributed by atoms with Crippen molar-refractivity contribution in [3.63, 3.8) is 0 Å². The molecule has 0 aliphatic rings. The van der Waals surface area contributed by atoms with Crippen molar-refractivity contribution in [2.75, 3.05) is 6.54 Å². The minimum atomic E-state index is -3.45. The molecule has 0 spiro atoms. The monoisotopic (exact) mass is 335 g/mol. The fourth-order valence-corrected chi connectivity index (χ4v) is 3.59. The maximum atomic E-state index is 12.0. The Labute approximate surface area is 117 Å². The van der Waals surface area contributed by atoms with Gasteiger partial charge in [-0.1, -0.05) is 12.1 Å². The van der Waals surface area contributed by atoms with Crippen LogP contribution in [0.25, 0.3) is 0 Å². The minimum Gasteiger partial charge on any atom is -0.393 e. The molecule has 0 aliphatic heterocycles. The second kappa shape index (κ2) is 7.23. The highest BCUT2D eigenvalue weighted by Crippen LogP contribution is 2.20. The zero-order chi connectivity index (χ0) is 13.6. The Bertz CT molecular complexity index is 474. The van der Waals surface area contributed by atoms with Crippen LogP contribution in [0.5, 0.6) is 0 Å². The zero-order valence-corrected chi connectivity index (χ0v) is 12.7. The second-order valence-electron chi connectivity index (χ2n) is 4.17. The smallest absolute Gasteiger partial charge is 0.241 e. The van der Waals surface area contributed by atoms with Crippen LogP contribution in [0.2, 0.25) is 0 Å². The summed E-state index contributed by atoms with van der Waals surface area (Å²) in [6.07, 6.45) is 1.88. The summed E-state index contributed by atoms with van der Waals surface area (Å²) in [6.45, 7) is 2.11. The molecule has 0 heterocycles. The molecule has 18 heavy (non-hydrogen) atoms.